The number of carboxylic acids is 1. The molecule has 1 N–H and O–H groups in total. The van der Waals surface area contributed by atoms with Gasteiger partial charge in [-0.2, -0.15) is 0 Å². The van der Waals surface area contributed by atoms with Crippen molar-refractivity contribution in [3.8, 4) is 5.75 Å². The molecule has 1 aliphatic heterocycles. The standard InChI is InChI=1S/C24H31NO3/c26-24(27)22-11-5-17-25(19-22)16-4-9-21-12-14-23(15-13-21)28-18-6-10-20-7-2-1-3-8-20/h1-3,7-8,12-15,22H,4-6,9-11,16-19H2,(H,26,27). The fourth-order valence-corrected chi connectivity index (χ4v) is 3.83. The molecule has 2 aromatic carbocycles. The van der Waals surface area contributed by atoms with Gasteiger partial charge in [-0.25, -0.2) is 0 Å². The van der Waals surface area contributed by atoms with Crippen LogP contribution in [0.25, 0.3) is 0 Å². The maximum Gasteiger partial charge on any atom is 0.307 e. The molecule has 2 aromatic rings. The zero-order valence-electron chi connectivity index (χ0n) is 16.6. The van der Waals surface area contributed by atoms with Gasteiger partial charge in [0.15, 0.2) is 0 Å². The molecule has 28 heavy (non-hydrogen) atoms. The first kappa shape index (κ1) is 20.4. The van der Waals surface area contributed by atoms with Gasteiger partial charge in [0.25, 0.3) is 0 Å². The molecule has 0 saturated carbocycles. The number of piperidine rings is 1. The molecule has 1 saturated heterocycles. The quantitative estimate of drug-likeness (QED) is 0.619. The molecule has 150 valence electrons. The van der Waals surface area contributed by atoms with E-state index in [0.717, 1.165) is 64.0 Å². The van der Waals surface area contributed by atoms with Crippen LogP contribution in [0.2, 0.25) is 0 Å². The van der Waals surface area contributed by atoms with Crippen LogP contribution >= 0.6 is 0 Å². The van der Waals surface area contributed by atoms with E-state index >= 15 is 0 Å². The maximum absolute atomic E-state index is 11.2. The van der Waals surface area contributed by atoms with E-state index in [1.54, 1.807) is 0 Å². The van der Waals surface area contributed by atoms with Crippen molar-refractivity contribution in [3.63, 3.8) is 0 Å². The van der Waals surface area contributed by atoms with Gasteiger partial charge in [0.05, 0.1) is 12.5 Å². The Morgan fingerprint density at radius 3 is 2.46 bits per heavy atom. The molecular weight excluding hydrogens is 350 g/mol. The molecule has 0 radical (unpaired) electrons. The summed E-state index contributed by atoms with van der Waals surface area (Å²) in [5.41, 5.74) is 2.66. The lowest BCUT2D eigenvalue weighted by atomic mass is 9.98. The number of aliphatic carboxylic acids is 1. The summed E-state index contributed by atoms with van der Waals surface area (Å²) in [5, 5.41) is 9.18. The van der Waals surface area contributed by atoms with Gasteiger partial charge in [-0.3, -0.25) is 4.79 Å². The predicted octanol–water partition coefficient (Wildman–Crippen LogP) is 4.43. The summed E-state index contributed by atoms with van der Waals surface area (Å²) in [4.78, 5) is 13.5. The maximum atomic E-state index is 11.2. The van der Waals surface area contributed by atoms with Gasteiger partial charge < -0.3 is 14.7 Å². The summed E-state index contributed by atoms with van der Waals surface area (Å²) < 4.78 is 5.85. The van der Waals surface area contributed by atoms with Gasteiger partial charge in [-0.1, -0.05) is 42.5 Å². The number of hydrogen-bond donors (Lipinski definition) is 1. The van der Waals surface area contributed by atoms with Crippen molar-refractivity contribution in [1.29, 1.82) is 0 Å². The van der Waals surface area contributed by atoms with Crippen LogP contribution in [0.4, 0.5) is 0 Å². The SMILES string of the molecule is O=C(O)C1CCCN(CCCc2ccc(OCCCc3ccccc3)cc2)C1. The summed E-state index contributed by atoms with van der Waals surface area (Å²) in [6.45, 7) is 3.43. The molecule has 4 nitrogen and oxygen atoms in total. The van der Waals surface area contributed by atoms with E-state index < -0.39 is 5.97 Å². The number of benzene rings is 2. The third-order valence-electron chi connectivity index (χ3n) is 5.44. The molecule has 0 aliphatic carbocycles. The second kappa shape index (κ2) is 10.9. The van der Waals surface area contributed by atoms with E-state index in [0.29, 0.717) is 6.54 Å². The Hall–Kier alpha value is -2.33. The Kier molecular flexibility index (Phi) is 7.92. The highest BCUT2D eigenvalue weighted by Gasteiger charge is 2.24. The Labute approximate surface area is 168 Å². The fourth-order valence-electron chi connectivity index (χ4n) is 3.83. The zero-order chi connectivity index (χ0) is 19.6. The molecule has 1 unspecified atom stereocenters. The molecule has 0 aromatic heterocycles. The average molecular weight is 382 g/mol. The van der Waals surface area contributed by atoms with E-state index in [1.165, 1.54) is 11.1 Å². The number of rotatable bonds is 10. The number of hydrogen-bond acceptors (Lipinski definition) is 3. The van der Waals surface area contributed by atoms with Crippen molar-refractivity contribution in [3.05, 3.63) is 65.7 Å². The van der Waals surface area contributed by atoms with Crippen LogP contribution in [0.1, 0.15) is 36.8 Å². The van der Waals surface area contributed by atoms with Crippen molar-refractivity contribution in [2.24, 2.45) is 5.92 Å². The topological polar surface area (TPSA) is 49.8 Å². The highest BCUT2D eigenvalue weighted by Crippen LogP contribution is 2.18. The van der Waals surface area contributed by atoms with E-state index in [4.69, 9.17) is 4.74 Å². The molecular formula is C24H31NO3. The van der Waals surface area contributed by atoms with E-state index in [2.05, 4.69) is 53.4 Å². The van der Waals surface area contributed by atoms with Crippen LogP contribution in [0.5, 0.6) is 5.75 Å². The number of nitrogens with zero attached hydrogens (tertiary/aromatic N) is 1. The predicted molar refractivity (Wildman–Crippen MR) is 112 cm³/mol. The van der Waals surface area contributed by atoms with Crippen molar-refractivity contribution in [1.82, 2.24) is 4.90 Å². The Morgan fingerprint density at radius 1 is 1.00 bits per heavy atom. The number of likely N-dealkylation sites (tertiary alicyclic amines) is 1. The number of ether oxygens (including phenoxy) is 1. The minimum Gasteiger partial charge on any atom is -0.494 e. The molecule has 1 fully saturated rings. The van der Waals surface area contributed by atoms with Gasteiger partial charge in [-0.05, 0) is 74.9 Å². The van der Waals surface area contributed by atoms with Gasteiger partial charge in [0.2, 0.25) is 0 Å². The Balaban J connectivity index is 1.32. The number of carbonyl (C=O) groups is 1. The molecule has 1 atom stereocenters. The third-order valence-corrected chi connectivity index (χ3v) is 5.44. The lowest BCUT2D eigenvalue weighted by Crippen LogP contribution is -2.39. The van der Waals surface area contributed by atoms with Gasteiger partial charge in [0, 0.05) is 6.54 Å². The minimum absolute atomic E-state index is 0.188. The molecule has 0 bridgehead atoms. The van der Waals surface area contributed by atoms with Crippen molar-refractivity contribution in [2.75, 3.05) is 26.2 Å². The first-order valence-corrected chi connectivity index (χ1v) is 10.4. The normalized spacial score (nSPS) is 17.4. The van der Waals surface area contributed by atoms with Gasteiger partial charge in [0.1, 0.15) is 5.75 Å². The molecule has 3 rings (SSSR count). The summed E-state index contributed by atoms with van der Waals surface area (Å²) >= 11 is 0. The Morgan fingerprint density at radius 2 is 1.71 bits per heavy atom. The molecule has 4 heteroatoms. The van der Waals surface area contributed by atoms with Crippen LogP contribution in [-0.4, -0.2) is 42.2 Å². The second-order valence-corrected chi connectivity index (χ2v) is 7.66. The fraction of sp³-hybridized carbons (Fsp3) is 0.458. The molecule has 0 spiro atoms. The summed E-state index contributed by atoms with van der Waals surface area (Å²) in [7, 11) is 0. The van der Waals surface area contributed by atoms with Gasteiger partial charge in [-0.15, -0.1) is 0 Å². The zero-order valence-corrected chi connectivity index (χ0v) is 16.6. The van der Waals surface area contributed by atoms with Crippen molar-refractivity contribution < 1.29 is 14.6 Å². The first-order chi connectivity index (χ1) is 13.7. The van der Waals surface area contributed by atoms with Crippen LogP contribution in [0.15, 0.2) is 54.6 Å². The Bertz CT molecular complexity index is 714. The van der Waals surface area contributed by atoms with Gasteiger partial charge >= 0.3 is 5.97 Å². The summed E-state index contributed by atoms with van der Waals surface area (Å²) in [5.74, 6) is 0.0910. The van der Waals surface area contributed by atoms with Crippen molar-refractivity contribution in [2.45, 2.75) is 38.5 Å². The average Bonchev–Trinajstić information content (AvgIpc) is 2.73. The number of carboxylic acid groups (broad SMARTS) is 1. The highest BCUT2D eigenvalue weighted by atomic mass is 16.5. The molecule has 1 heterocycles. The van der Waals surface area contributed by atoms with Crippen LogP contribution in [0, 0.1) is 5.92 Å². The van der Waals surface area contributed by atoms with Crippen LogP contribution in [-0.2, 0) is 17.6 Å². The summed E-state index contributed by atoms with van der Waals surface area (Å²) in [6, 6.07) is 18.9. The highest BCUT2D eigenvalue weighted by molar-refractivity contribution is 5.70. The van der Waals surface area contributed by atoms with Crippen molar-refractivity contribution >= 4 is 5.97 Å². The first-order valence-electron chi connectivity index (χ1n) is 10.4. The van der Waals surface area contributed by atoms with Crippen LogP contribution < -0.4 is 4.74 Å². The molecule has 1 aliphatic rings. The van der Waals surface area contributed by atoms with E-state index in [-0.39, 0.29) is 5.92 Å². The van der Waals surface area contributed by atoms with E-state index in [1.807, 2.05) is 6.07 Å². The molecule has 0 amide bonds. The lowest BCUT2D eigenvalue weighted by molar-refractivity contribution is -0.143. The van der Waals surface area contributed by atoms with E-state index in [9.17, 15) is 9.90 Å². The second-order valence-electron chi connectivity index (χ2n) is 7.66. The van der Waals surface area contributed by atoms with Crippen LogP contribution in [0.3, 0.4) is 0 Å². The number of aryl methyl sites for hydroxylation is 2. The lowest BCUT2D eigenvalue weighted by Gasteiger charge is -2.30. The monoisotopic (exact) mass is 381 g/mol. The summed E-state index contributed by atoms with van der Waals surface area (Å²) in [6.07, 6.45) is 5.94. The largest absolute Gasteiger partial charge is 0.494 e. The third kappa shape index (κ3) is 6.68. The smallest absolute Gasteiger partial charge is 0.307 e. The minimum atomic E-state index is -0.649.